The number of amides is 1. The third-order valence-corrected chi connectivity index (χ3v) is 4.29. The van der Waals surface area contributed by atoms with Crippen LogP contribution in [0.25, 0.3) is 0 Å². The average molecular weight is 288 g/mol. The van der Waals surface area contributed by atoms with E-state index in [1.54, 1.807) is 0 Å². The van der Waals surface area contributed by atoms with Gasteiger partial charge in [-0.25, -0.2) is 0 Å². The highest BCUT2D eigenvalue weighted by atomic mass is 16.1. The van der Waals surface area contributed by atoms with Gasteiger partial charge in [0.25, 0.3) is 0 Å². The molecule has 0 radical (unpaired) electrons. The fourth-order valence-electron chi connectivity index (χ4n) is 3.07. The number of hydrogen-bond donors (Lipinski definition) is 2. The second kappa shape index (κ2) is 8.83. The van der Waals surface area contributed by atoms with Crippen molar-refractivity contribution in [2.75, 3.05) is 13.1 Å². The number of rotatable bonds is 7. The summed E-state index contributed by atoms with van der Waals surface area (Å²) in [7, 11) is 0. The molecule has 1 aromatic carbocycles. The number of piperidine rings is 1. The molecule has 21 heavy (non-hydrogen) atoms. The first kappa shape index (κ1) is 16.0. The zero-order valence-corrected chi connectivity index (χ0v) is 13.1. The number of carbonyl (C=O) groups excluding carboxylic acids is 1. The van der Waals surface area contributed by atoms with E-state index in [2.05, 4.69) is 29.7 Å². The molecular weight excluding hydrogens is 260 g/mol. The van der Waals surface area contributed by atoms with Gasteiger partial charge in [0.2, 0.25) is 5.91 Å². The zero-order valence-electron chi connectivity index (χ0n) is 13.1. The van der Waals surface area contributed by atoms with Crippen LogP contribution in [-0.2, 0) is 4.79 Å². The highest BCUT2D eigenvalue weighted by molar-refractivity contribution is 5.76. The van der Waals surface area contributed by atoms with E-state index < -0.39 is 0 Å². The van der Waals surface area contributed by atoms with E-state index in [1.165, 1.54) is 18.4 Å². The van der Waals surface area contributed by atoms with E-state index in [0.717, 1.165) is 32.4 Å². The summed E-state index contributed by atoms with van der Waals surface area (Å²) in [5.41, 5.74) is 1.21. The lowest BCUT2D eigenvalue weighted by atomic mass is 9.94. The van der Waals surface area contributed by atoms with Crippen molar-refractivity contribution in [3.8, 4) is 0 Å². The second-order valence-electron chi connectivity index (χ2n) is 6.07. The highest BCUT2D eigenvalue weighted by Gasteiger charge is 2.17. The Labute approximate surface area is 128 Å². The maximum Gasteiger partial charge on any atom is 0.220 e. The van der Waals surface area contributed by atoms with Crippen LogP contribution in [-0.4, -0.2) is 19.0 Å². The second-order valence-corrected chi connectivity index (χ2v) is 6.07. The van der Waals surface area contributed by atoms with Gasteiger partial charge < -0.3 is 10.6 Å². The summed E-state index contributed by atoms with van der Waals surface area (Å²) in [6.45, 7) is 4.37. The minimum atomic E-state index is 0.160. The van der Waals surface area contributed by atoms with Crippen molar-refractivity contribution in [1.82, 2.24) is 10.6 Å². The van der Waals surface area contributed by atoms with Gasteiger partial charge in [0.15, 0.2) is 0 Å². The molecular formula is C18H28N2O. The molecule has 0 aliphatic carbocycles. The van der Waals surface area contributed by atoms with Crippen molar-refractivity contribution in [1.29, 1.82) is 0 Å². The lowest BCUT2D eigenvalue weighted by Gasteiger charge is -2.23. The van der Waals surface area contributed by atoms with Crippen LogP contribution < -0.4 is 10.6 Å². The molecule has 1 aliphatic rings. The number of carbonyl (C=O) groups is 1. The van der Waals surface area contributed by atoms with E-state index in [4.69, 9.17) is 0 Å². The minimum absolute atomic E-state index is 0.160. The first-order valence-corrected chi connectivity index (χ1v) is 8.34. The van der Waals surface area contributed by atoms with Gasteiger partial charge in [-0.3, -0.25) is 4.79 Å². The van der Waals surface area contributed by atoms with Crippen molar-refractivity contribution < 1.29 is 4.79 Å². The Balaban J connectivity index is 1.80. The van der Waals surface area contributed by atoms with Gasteiger partial charge in [0.05, 0.1) is 6.04 Å². The zero-order chi connectivity index (χ0) is 14.9. The Bertz CT molecular complexity index is 412. The number of benzene rings is 1. The van der Waals surface area contributed by atoms with Crippen LogP contribution >= 0.6 is 0 Å². The highest BCUT2D eigenvalue weighted by Crippen LogP contribution is 2.20. The van der Waals surface area contributed by atoms with E-state index in [0.29, 0.717) is 12.3 Å². The molecule has 0 aromatic heterocycles. The summed E-state index contributed by atoms with van der Waals surface area (Å²) in [4.78, 5) is 12.2. The molecule has 2 unspecified atom stereocenters. The maximum absolute atomic E-state index is 12.2. The van der Waals surface area contributed by atoms with Crippen LogP contribution in [0.2, 0.25) is 0 Å². The third-order valence-electron chi connectivity index (χ3n) is 4.29. The Morgan fingerprint density at radius 3 is 2.86 bits per heavy atom. The van der Waals surface area contributed by atoms with Crippen molar-refractivity contribution in [2.24, 2.45) is 5.92 Å². The third kappa shape index (κ3) is 5.50. The lowest BCUT2D eigenvalue weighted by Crippen LogP contribution is -2.32. The summed E-state index contributed by atoms with van der Waals surface area (Å²) < 4.78 is 0. The molecule has 0 saturated carbocycles. The summed E-state index contributed by atoms with van der Waals surface area (Å²) in [6, 6.07) is 10.5. The van der Waals surface area contributed by atoms with Crippen molar-refractivity contribution >= 4 is 5.91 Å². The van der Waals surface area contributed by atoms with Crippen molar-refractivity contribution in [3.63, 3.8) is 0 Å². The van der Waals surface area contributed by atoms with Crippen LogP contribution in [0.5, 0.6) is 0 Å². The standard InChI is InChI=1S/C18H28N2O/c1-2-7-17(16-9-4-3-5-10-16)20-18(21)12-11-15-8-6-13-19-14-15/h3-5,9-10,15,17,19H,2,6-8,11-14H2,1H3,(H,20,21). The Morgan fingerprint density at radius 2 is 2.19 bits per heavy atom. The molecule has 1 aliphatic heterocycles. The molecule has 2 rings (SSSR count). The monoisotopic (exact) mass is 288 g/mol. The maximum atomic E-state index is 12.2. The first-order valence-electron chi connectivity index (χ1n) is 8.34. The van der Waals surface area contributed by atoms with E-state index >= 15 is 0 Å². The fourth-order valence-corrected chi connectivity index (χ4v) is 3.07. The van der Waals surface area contributed by atoms with Crippen LogP contribution in [0.15, 0.2) is 30.3 Å². The smallest absolute Gasteiger partial charge is 0.220 e. The van der Waals surface area contributed by atoms with Crippen molar-refractivity contribution in [2.45, 2.75) is 51.5 Å². The van der Waals surface area contributed by atoms with Gasteiger partial charge in [-0.2, -0.15) is 0 Å². The minimum Gasteiger partial charge on any atom is -0.349 e. The van der Waals surface area contributed by atoms with Gasteiger partial charge in [-0.15, -0.1) is 0 Å². The molecule has 116 valence electrons. The predicted molar refractivity (Wildman–Crippen MR) is 87.1 cm³/mol. The van der Waals surface area contributed by atoms with Crippen LogP contribution in [0.1, 0.15) is 57.1 Å². The molecule has 0 spiro atoms. The topological polar surface area (TPSA) is 41.1 Å². The quantitative estimate of drug-likeness (QED) is 0.807. The summed E-state index contributed by atoms with van der Waals surface area (Å²) in [6.07, 6.45) is 6.24. The van der Waals surface area contributed by atoms with E-state index in [9.17, 15) is 4.79 Å². The molecule has 0 bridgehead atoms. The van der Waals surface area contributed by atoms with Crippen LogP contribution in [0.3, 0.4) is 0 Å². The SMILES string of the molecule is CCCC(NC(=O)CCC1CCCNC1)c1ccccc1. The molecule has 1 saturated heterocycles. The lowest BCUT2D eigenvalue weighted by molar-refractivity contribution is -0.122. The summed E-state index contributed by atoms with van der Waals surface area (Å²) in [5.74, 6) is 0.869. The number of hydrogen-bond acceptors (Lipinski definition) is 2. The van der Waals surface area contributed by atoms with Crippen LogP contribution in [0, 0.1) is 5.92 Å². The molecule has 3 heteroatoms. The molecule has 1 aromatic rings. The largest absolute Gasteiger partial charge is 0.349 e. The molecule has 3 nitrogen and oxygen atoms in total. The molecule has 1 amide bonds. The van der Waals surface area contributed by atoms with Gasteiger partial charge in [0.1, 0.15) is 0 Å². The molecule has 2 atom stereocenters. The molecule has 1 heterocycles. The average Bonchev–Trinajstić information content (AvgIpc) is 2.54. The summed E-state index contributed by atoms with van der Waals surface area (Å²) in [5, 5.41) is 6.63. The van der Waals surface area contributed by atoms with Gasteiger partial charge in [0, 0.05) is 6.42 Å². The predicted octanol–water partition coefficient (Wildman–Crippen LogP) is 3.42. The molecule has 1 fully saturated rings. The normalized spacial score (nSPS) is 20.0. The van der Waals surface area contributed by atoms with Gasteiger partial charge >= 0.3 is 0 Å². The fraction of sp³-hybridized carbons (Fsp3) is 0.611. The molecule has 2 N–H and O–H groups in total. The summed E-state index contributed by atoms with van der Waals surface area (Å²) >= 11 is 0. The van der Waals surface area contributed by atoms with E-state index in [-0.39, 0.29) is 11.9 Å². The van der Waals surface area contributed by atoms with Crippen molar-refractivity contribution in [3.05, 3.63) is 35.9 Å². The Kier molecular flexibility index (Phi) is 6.74. The first-order chi connectivity index (χ1) is 10.3. The van der Waals surface area contributed by atoms with E-state index in [1.807, 2.05) is 18.2 Å². The number of nitrogens with one attached hydrogen (secondary N) is 2. The Morgan fingerprint density at radius 1 is 1.38 bits per heavy atom. The Hall–Kier alpha value is -1.35. The van der Waals surface area contributed by atoms with Gasteiger partial charge in [-0.05, 0) is 50.3 Å². The van der Waals surface area contributed by atoms with Crippen LogP contribution in [0.4, 0.5) is 0 Å². The van der Waals surface area contributed by atoms with Gasteiger partial charge in [-0.1, -0.05) is 43.7 Å².